The molecule has 0 unspecified atom stereocenters. The minimum Gasteiger partial charge on any atom is -0.396 e. The summed E-state index contributed by atoms with van der Waals surface area (Å²) in [7, 11) is 1.75. The summed E-state index contributed by atoms with van der Waals surface area (Å²) in [5.74, 6) is -0.271. The second-order valence-electron chi connectivity index (χ2n) is 4.66. The van der Waals surface area contributed by atoms with Crippen LogP contribution < -0.4 is 5.73 Å². The molecule has 0 saturated carbocycles. The third-order valence-corrected chi connectivity index (χ3v) is 3.33. The lowest BCUT2D eigenvalue weighted by Crippen LogP contribution is -2.39. The number of amides is 2. The highest BCUT2D eigenvalue weighted by atomic mass is 16.2. The minimum absolute atomic E-state index is 0.0491. The van der Waals surface area contributed by atoms with Crippen molar-refractivity contribution in [2.75, 3.05) is 32.4 Å². The highest BCUT2D eigenvalue weighted by molar-refractivity contribution is 5.99. The van der Waals surface area contributed by atoms with Crippen molar-refractivity contribution in [2.45, 2.75) is 19.9 Å². The molecule has 0 atom stereocenters. The Balaban J connectivity index is 2.23. The number of nitrogens with two attached hydrogens (primary N) is 1. The molecule has 7 nitrogen and oxygen atoms in total. The minimum atomic E-state index is -0.222. The lowest BCUT2D eigenvalue weighted by atomic mass is 10.3. The first-order chi connectivity index (χ1) is 9.04. The number of nitrogen functional groups attached to an aromatic ring is 1. The Kier molecular flexibility index (Phi) is 3.73. The lowest BCUT2D eigenvalue weighted by molar-refractivity contribution is -0.129. The molecule has 1 aromatic rings. The van der Waals surface area contributed by atoms with Crippen molar-refractivity contribution in [1.82, 2.24) is 19.6 Å². The summed E-state index contributed by atoms with van der Waals surface area (Å²) in [6, 6.07) is 0. The van der Waals surface area contributed by atoms with Gasteiger partial charge in [0, 0.05) is 26.7 Å². The SMILES string of the molecule is CCn1ncc(N)c1C(=O)N1CCCN(C)C(=O)C1. The molecule has 0 aliphatic carbocycles. The van der Waals surface area contributed by atoms with Gasteiger partial charge in [-0.05, 0) is 13.3 Å². The van der Waals surface area contributed by atoms with Crippen LogP contribution in [0.2, 0.25) is 0 Å². The summed E-state index contributed by atoms with van der Waals surface area (Å²) in [6.45, 7) is 3.79. The zero-order chi connectivity index (χ0) is 14.0. The number of hydrogen-bond acceptors (Lipinski definition) is 4. The molecule has 1 aliphatic heterocycles. The smallest absolute Gasteiger partial charge is 0.274 e. The summed E-state index contributed by atoms with van der Waals surface area (Å²) >= 11 is 0. The maximum atomic E-state index is 12.5. The number of carbonyl (C=O) groups excluding carboxylic acids is 2. The molecule has 7 heteroatoms. The van der Waals surface area contributed by atoms with E-state index in [0.29, 0.717) is 31.0 Å². The number of aryl methyl sites for hydroxylation is 1. The van der Waals surface area contributed by atoms with Gasteiger partial charge in [-0.15, -0.1) is 0 Å². The molecule has 1 fully saturated rings. The van der Waals surface area contributed by atoms with Gasteiger partial charge in [-0.2, -0.15) is 5.10 Å². The fourth-order valence-corrected chi connectivity index (χ4v) is 2.18. The first-order valence-corrected chi connectivity index (χ1v) is 6.39. The highest BCUT2D eigenvalue weighted by Gasteiger charge is 2.27. The largest absolute Gasteiger partial charge is 0.396 e. The quantitative estimate of drug-likeness (QED) is 0.802. The van der Waals surface area contributed by atoms with E-state index in [2.05, 4.69) is 5.10 Å². The van der Waals surface area contributed by atoms with E-state index in [-0.39, 0.29) is 18.4 Å². The summed E-state index contributed by atoms with van der Waals surface area (Å²) in [5, 5.41) is 4.06. The highest BCUT2D eigenvalue weighted by Crippen LogP contribution is 2.15. The predicted octanol–water partition coefficient (Wildman–Crippen LogP) is -0.210. The van der Waals surface area contributed by atoms with Crippen LogP contribution in [0.5, 0.6) is 0 Å². The molecule has 19 heavy (non-hydrogen) atoms. The van der Waals surface area contributed by atoms with Crippen LogP contribution in [0, 0.1) is 0 Å². The van der Waals surface area contributed by atoms with Gasteiger partial charge in [-0.3, -0.25) is 14.3 Å². The molecule has 2 N–H and O–H groups in total. The van der Waals surface area contributed by atoms with Gasteiger partial charge in [-0.1, -0.05) is 0 Å². The Morgan fingerprint density at radius 1 is 1.47 bits per heavy atom. The Morgan fingerprint density at radius 3 is 2.89 bits per heavy atom. The van der Waals surface area contributed by atoms with Crippen LogP contribution in [0.1, 0.15) is 23.8 Å². The topological polar surface area (TPSA) is 84.5 Å². The lowest BCUT2D eigenvalue weighted by Gasteiger charge is -2.20. The zero-order valence-corrected chi connectivity index (χ0v) is 11.3. The fourth-order valence-electron chi connectivity index (χ4n) is 2.18. The van der Waals surface area contributed by atoms with Crippen LogP contribution in [0.15, 0.2) is 6.20 Å². The molecule has 2 rings (SSSR count). The summed E-state index contributed by atoms with van der Waals surface area (Å²) < 4.78 is 1.57. The number of likely N-dealkylation sites (N-methyl/N-ethyl adjacent to an activating group) is 1. The Hall–Kier alpha value is -2.05. The van der Waals surface area contributed by atoms with Gasteiger partial charge in [0.25, 0.3) is 5.91 Å². The number of rotatable bonds is 2. The van der Waals surface area contributed by atoms with E-state index in [4.69, 9.17) is 5.73 Å². The molecule has 1 aromatic heterocycles. The van der Waals surface area contributed by atoms with Gasteiger partial charge in [0.1, 0.15) is 12.2 Å². The number of nitrogens with zero attached hydrogens (tertiary/aromatic N) is 4. The number of anilines is 1. The molecule has 104 valence electrons. The van der Waals surface area contributed by atoms with Crippen molar-refractivity contribution >= 4 is 17.5 Å². The first-order valence-electron chi connectivity index (χ1n) is 6.39. The molecule has 2 amide bonds. The van der Waals surface area contributed by atoms with Crippen molar-refractivity contribution in [3.8, 4) is 0 Å². The monoisotopic (exact) mass is 265 g/mol. The van der Waals surface area contributed by atoms with Gasteiger partial charge < -0.3 is 15.5 Å². The molecule has 1 saturated heterocycles. The van der Waals surface area contributed by atoms with Crippen LogP contribution in [-0.4, -0.2) is 58.1 Å². The predicted molar refractivity (Wildman–Crippen MR) is 70.5 cm³/mol. The molecular formula is C12H19N5O2. The standard InChI is InChI=1S/C12H19N5O2/c1-3-17-11(9(13)7-14-17)12(19)16-6-4-5-15(2)10(18)8-16/h7H,3-6,8,13H2,1-2H3. The normalized spacial score (nSPS) is 16.6. The molecule has 1 aliphatic rings. The van der Waals surface area contributed by atoms with E-state index >= 15 is 0 Å². The van der Waals surface area contributed by atoms with Crippen LogP contribution >= 0.6 is 0 Å². The van der Waals surface area contributed by atoms with E-state index in [1.807, 2.05) is 6.92 Å². The average Bonchev–Trinajstić information content (AvgIpc) is 2.68. The number of hydrogen-bond donors (Lipinski definition) is 1. The third kappa shape index (κ3) is 2.54. The third-order valence-electron chi connectivity index (χ3n) is 3.33. The van der Waals surface area contributed by atoms with Crippen molar-refractivity contribution in [2.24, 2.45) is 0 Å². The van der Waals surface area contributed by atoms with Gasteiger partial charge in [0.05, 0.1) is 11.9 Å². The van der Waals surface area contributed by atoms with E-state index in [1.165, 1.54) is 6.20 Å². The molecule has 0 radical (unpaired) electrons. The Bertz CT molecular complexity index is 496. The van der Waals surface area contributed by atoms with Gasteiger partial charge >= 0.3 is 0 Å². The first kappa shape index (κ1) is 13.4. The van der Waals surface area contributed by atoms with Crippen LogP contribution in [0.25, 0.3) is 0 Å². The second-order valence-corrected chi connectivity index (χ2v) is 4.66. The maximum Gasteiger partial charge on any atom is 0.274 e. The van der Waals surface area contributed by atoms with E-state index in [0.717, 1.165) is 6.42 Å². The molecule has 2 heterocycles. The van der Waals surface area contributed by atoms with Gasteiger partial charge in [0.2, 0.25) is 5.91 Å². The second kappa shape index (κ2) is 5.29. The molecule has 0 spiro atoms. The van der Waals surface area contributed by atoms with Crippen LogP contribution in [0.3, 0.4) is 0 Å². The molecular weight excluding hydrogens is 246 g/mol. The number of carbonyl (C=O) groups is 2. The van der Waals surface area contributed by atoms with Crippen LogP contribution in [0.4, 0.5) is 5.69 Å². The Labute approximate surface area is 111 Å². The number of aromatic nitrogens is 2. The average molecular weight is 265 g/mol. The maximum absolute atomic E-state index is 12.5. The summed E-state index contributed by atoms with van der Waals surface area (Å²) in [4.78, 5) is 27.5. The molecule has 0 bridgehead atoms. The van der Waals surface area contributed by atoms with E-state index in [1.54, 1.807) is 21.5 Å². The molecule has 0 aromatic carbocycles. The van der Waals surface area contributed by atoms with E-state index in [9.17, 15) is 9.59 Å². The van der Waals surface area contributed by atoms with Crippen LogP contribution in [-0.2, 0) is 11.3 Å². The zero-order valence-electron chi connectivity index (χ0n) is 11.3. The fraction of sp³-hybridized carbons (Fsp3) is 0.583. The van der Waals surface area contributed by atoms with E-state index < -0.39 is 0 Å². The van der Waals surface area contributed by atoms with Gasteiger partial charge in [0.15, 0.2) is 0 Å². The Morgan fingerprint density at radius 2 is 2.21 bits per heavy atom. The summed E-state index contributed by atoms with van der Waals surface area (Å²) in [6.07, 6.45) is 2.25. The summed E-state index contributed by atoms with van der Waals surface area (Å²) in [5.41, 5.74) is 6.53. The van der Waals surface area contributed by atoms with Crippen molar-refractivity contribution < 1.29 is 9.59 Å². The van der Waals surface area contributed by atoms with Gasteiger partial charge in [-0.25, -0.2) is 0 Å². The van der Waals surface area contributed by atoms with Crippen molar-refractivity contribution in [1.29, 1.82) is 0 Å². The van der Waals surface area contributed by atoms with Crippen molar-refractivity contribution in [3.05, 3.63) is 11.9 Å². The van der Waals surface area contributed by atoms with Crippen molar-refractivity contribution in [3.63, 3.8) is 0 Å².